The van der Waals surface area contributed by atoms with Gasteiger partial charge in [-0.05, 0) is 13.8 Å². The summed E-state index contributed by atoms with van der Waals surface area (Å²) in [6, 6.07) is 1.83. The third kappa shape index (κ3) is 8.48. The molecule has 0 heterocycles. The van der Waals surface area contributed by atoms with Crippen molar-refractivity contribution in [2.75, 3.05) is 40.0 Å². The zero-order chi connectivity index (χ0) is 15.2. The van der Waals surface area contributed by atoms with Crippen molar-refractivity contribution >= 4 is 5.91 Å². The van der Waals surface area contributed by atoms with Crippen LogP contribution in [-0.2, 0) is 19.0 Å². The van der Waals surface area contributed by atoms with Crippen LogP contribution in [0.15, 0.2) is 11.8 Å². The van der Waals surface area contributed by atoms with E-state index in [1.165, 1.54) is 13.3 Å². The molecule has 7 heteroatoms. The molecule has 0 aromatic heterocycles. The fourth-order valence-corrected chi connectivity index (χ4v) is 1.31. The topological polar surface area (TPSA) is 92.6 Å². The van der Waals surface area contributed by atoms with E-state index in [4.69, 9.17) is 19.5 Å². The van der Waals surface area contributed by atoms with E-state index in [1.807, 2.05) is 19.9 Å². The first-order valence-electron chi connectivity index (χ1n) is 6.53. The lowest BCUT2D eigenvalue weighted by atomic mass is 10.3. The minimum absolute atomic E-state index is 0.00662. The molecule has 1 amide bonds. The van der Waals surface area contributed by atoms with Gasteiger partial charge in [-0.25, -0.2) is 0 Å². The Balaban J connectivity index is 4.23. The second-order valence-electron chi connectivity index (χ2n) is 3.67. The molecule has 0 aliphatic heterocycles. The lowest BCUT2D eigenvalue weighted by Gasteiger charge is -2.16. The first-order chi connectivity index (χ1) is 9.69. The van der Waals surface area contributed by atoms with Gasteiger partial charge >= 0.3 is 0 Å². The Labute approximate surface area is 119 Å². The van der Waals surface area contributed by atoms with Gasteiger partial charge < -0.3 is 24.8 Å². The molecule has 0 aromatic rings. The number of carbonyl (C=O) groups excluding carboxylic acids is 1. The van der Waals surface area contributed by atoms with Crippen molar-refractivity contribution in [3.8, 4) is 6.07 Å². The Morgan fingerprint density at radius 3 is 2.50 bits per heavy atom. The Morgan fingerprint density at radius 2 is 2.00 bits per heavy atom. The van der Waals surface area contributed by atoms with Gasteiger partial charge in [0.15, 0.2) is 6.29 Å². The molecule has 20 heavy (non-hydrogen) atoms. The van der Waals surface area contributed by atoms with Crippen molar-refractivity contribution < 1.29 is 19.0 Å². The van der Waals surface area contributed by atoms with Gasteiger partial charge in [-0.15, -0.1) is 0 Å². The summed E-state index contributed by atoms with van der Waals surface area (Å²) in [6.45, 7) is 5.90. The van der Waals surface area contributed by atoms with Crippen LogP contribution < -0.4 is 10.6 Å². The predicted molar refractivity (Wildman–Crippen MR) is 73.6 cm³/mol. The van der Waals surface area contributed by atoms with Crippen molar-refractivity contribution in [2.45, 2.75) is 20.1 Å². The number of amides is 1. The van der Waals surface area contributed by atoms with E-state index >= 15 is 0 Å². The zero-order valence-electron chi connectivity index (χ0n) is 12.3. The lowest BCUT2D eigenvalue weighted by Crippen LogP contribution is -2.31. The number of methoxy groups -OCH3 is 1. The Kier molecular flexibility index (Phi) is 11.4. The molecule has 0 aliphatic carbocycles. The molecule has 0 rings (SSSR count). The Hall–Kier alpha value is -1.62. The van der Waals surface area contributed by atoms with Crippen molar-refractivity contribution in [1.82, 2.24) is 10.6 Å². The van der Waals surface area contributed by atoms with Crippen molar-refractivity contribution in [3.05, 3.63) is 11.8 Å². The fourth-order valence-electron chi connectivity index (χ4n) is 1.31. The summed E-state index contributed by atoms with van der Waals surface area (Å²) in [5, 5.41) is 14.3. The molecular weight excluding hydrogens is 262 g/mol. The van der Waals surface area contributed by atoms with Crippen molar-refractivity contribution in [1.29, 1.82) is 5.26 Å². The molecule has 0 aliphatic rings. The van der Waals surface area contributed by atoms with Crippen LogP contribution in [0, 0.1) is 11.3 Å². The van der Waals surface area contributed by atoms with E-state index in [1.54, 1.807) is 0 Å². The monoisotopic (exact) mass is 285 g/mol. The van der Waals surface area contributed by atoms with Crippen LogP contribution in [0.3, 0.4) is 0 Å². The number of hydrogen-bond acceptors (Lipinski definition) is 6. The highest BCUT2D eigenvalue weighted by molar-refractivity contribution is 5.97. The number of nitrogens with one attached hydrogen (secondary N) is 2. The van der Waals surface area contributed by atoms with Crippen LogP contribution >= 0.6 is 0 Å². The molecule has 0 radical (unpaired) electrons. The summed E-state index contributed by atoms with van der Waals surface area (Å²) < 4.78 is 15.5. The van der Waals surface area contributed by atoms with Crippen LogP contribution in [0.25, 0.3) is 0 Å². The second-order valence-corrected chi connectivity index (χ2v) is 3.67. The first-order valence-corrected chi connectivity index (χ1v) is 6.53. The van der Waals surface area contributed by atoms with Crippen LogP contribution in [0.2, 0.25) is 0 Å². The van der Waals surface area contributed by atoms with E-state index in [-0.39, 0.29) is 5.57 Å². The SMILES string of the molecule is CCOC(CN/C=C(/C#N)C(=O)NCCOC)OCC. The van der Waals surface area contributed by atoms with Gasteiger partial charge in [-0.3, -0.25) is 4.79 Å². The molecule has 0 aromatic carbocycles. The summed E-state index contributed by atoms with van der Waals surface area (Å²) in [6.07, 6.45) is 0.949. The quantitative estimate of drug-likeness (QED) is 0.243. The molecule has 0 spiro atoms. The predicted octanol–water partition coefficient (Wildman–Crippen LogP) is 0.145. The Morgan fingerprint density at radius 1 is 1.35 bits per heavy atom. The van der Waals surface area contributed by atoms with Gasteiger partial charge in [0.25, 0.3) is 5.91 Å². The largest absolute Gasteiger partial charge is 0.385 e. The smallest absolute Gasteiger partial charge is 0.263 e. The highest BCUT2D eigenvalue weighted by atomic mass is 16.7. The maximum absolute atomic E-state index is 11.6. The van der Waals surface area contributed by atoms with Gasteiger partial charge in [0, 0.05) is 33.1 Å². The average molecular weight is 285 g/mol. The molecule has 114 valence electrons. The van der Waals surface area contributed by atoms with Crippen LogP contribution in [0.4, 0.5) is 0 Å². The summed E-state index contributed by atoms with van der Waals surface area (Å²) in [4.78, 5) is 11.6. The van der Waals surface area contributed by atoms with E-state index < -0.39 is 12.2 Å². The highest BCUT2D eigenvalue weighted by Crippen LogP contribution is 1.95. The van der Waals surface area contributed by atoms with Gasteiger partial charge in [0.2, 0.25) is 0 Å². The minimum Gasteiger partial charge on any atom is -0.385 e. The zero-order valence-corrected chi connectivity index (χ0v) is 12.3. The molecule has 0 unspecified atom stereocenters. The number of rotatable bonds is 11. The van der Waals surface area contributed by atoms with E-state index in [2.05, 4.69) is 10.6 Å². The van der Waals surface area contributed by atoms with Gasteiger partial charge in [0.05, 0.1) is 13.2 Å². The molecule has 0 saturated heterocycles. The second kappa shape index (κ2) is 12.4. The van der Waals surface area contributed by atoms with E-state index in [9.17, 15) is 4.79 Å². The lowest BCUT2D eigenvalue weighted by molar-refractivity contribution is -0.131. The van der Waals surface area contributed by atoms with Crippen LogP contribution in [0.5, 0.6) is 0 Å². The van der Waals surface area contributed by atoms with E-state index in [0.29, 0.717) is 32.9 Å². The van der Waals surface area contributed by atoms with E-state index in [0.717, 1.165) is 0 Å². The molecule has 0 atom stereocenters. The molecule has 0 saturated carbocycles. The molecule has 2 N–H and O–H groups in total. The molecule has 0 bridgehead atoms. The maximum Gasteiger partial charge on any atom is 0.263 e. The molecule has 7 nitrogen and oxygen atoms in total. The maximum atomic E-state index is 11.6. The third-order valence-corrected chi connectivity index (χ3v) is 2.19. The van der Waals surface area contributed by atoms with Gasteiger partial charge in [-0.2, -0.15) is 5.26 Å². The third-order valence-electron chi connectivity index (χ3n) is 2.19. The fraction of sp³-hybridized carbons (Fsp3) is 0.692. The Bertz CT molecular complexity index is 333. The first kappa shape index (κ1) is 18.4. The average Bonchev–Trinajstić information content (AvgIpc) is 2.44. The van der Waals surface area contributed by atoms with Crippen molar-refractivity contribution in [2.24, 2.45) is 0 Å². The highest BCUT2D eigenvalue weighted by Gasteiger charge is 2.09. The summed E-state index contributed by atoms with van der Waals surface area (Å²) in [5.41, 5.74) is -0.00662. The molecule has 0 fully saturated rings. The normalized spacial score (nSPS) is 11.2. The summed E-state index contributed by atoms with van der Waals surface area (Å²) >= 11 is 0. The molecular formula is C13H23N3O4. The van der Waals surface area contributed by atoms with Crippen molar-refractivity contribution in [3.63, 3.8) is 0 Å². The number of nitriles is 1. The van der Waals surface area contributed by atoms with Gasteiger partial charge in [0.1, 0.15) is 11.6 Å². The standard InChI is InChI=1S/C13H23N3O4/c1-4-19-12(20-5-2)10-15-9-11(8-14)13(17)16-6-7-18-3/h9,12,15H,4-7,10H2,1-3H3,(H,16,17)/b11-9-. The number of ether oxygens (including phenoxy) is 3. The van der Waals surface area contributed by atoms with Crippen LogP contribution in [0.1, 0.15) is 13.8 Å². The number of nitrogens with zero attached hydrogens (tertiary/aromatic N) is 1. The van der Waals surface area contributed by atoms with Gasteiger partial charge in [-0.1, -0.05) is 0 Å². The number of hydrogen-bond donors (Lipinski definition) is 2. The summed E-state index contributed by atoms with van der Waals surface area (Å²) in [5.74, 6) is -0.443. The minimum atomic E-state index is -0.443. The number of carbonyl (C=O) groups is 1. The van der Waals surface area contributed by atoms with Crippen LogP contribution in [-0.4, -0.2) is 52.2 Å². The summed E-state index contributed by atoms with van der Waals surface area (Å²) in [7, 11) is 1.54.